The molecule has 0 spiro atoms. The van der Waals surface area contributed by atoms with E-state index in [2.05, 4.69) is 13.8 Å². The van der Waals surface area contributed by atoms with Crippen molar-refractivity contribution in [3.05, 3.63) is 0 Å². The molecule has 0 unspecified atom stereocenters. The zero-order valence-corrected chi connectivity index (χ0v) is 7.92. The Kier molecular flexibility index (Phi) is 7.26. The highest BCUT2D eigenvalue weighted by Crippen LogP contribution is 1.98. The summed E-state index contributed by atoms with van der Waals surface area (Å²) in [7, 11) is 5.61. The van der Waals surface area contributed by atoms with E-state index < -0.39 is 0 Å². The minimum Gasteiger partial charge on any atom is -0.296 e. The van der Waals surface area contributed by atoms with Crippen molar-refractivity contribution in [2.24, 2.45) is 4.40 Å². The van der Waals surface area contributed by atoms with E-state index in [1.807, 2.05) is 25.4 Å². The SMILES string of the molecule is CNS/N=C\N(C)SNC. The van der Waals surface area contributed by atoms with Gasteiger partial charge in [0.15, 0.2) is 0 Å². The third kappa shape index (κ3) is 6.21. The van der Waals surface area contributed by atoms with Gasteiger partial charge in [0.2, 0.25) is 0 Å². The second kappa shape index (κ2) is 7.20. The first-order valence-electron chi connectivity index (χ1n) is 2.74. The van der Waals surface area contributed by atoms with Gasteiger partial charge in [0.25, 0.3) is 0 Å². The van der Waals surface area contributed by atoms with Crippen molar-refractivity contribution >= 4 is 30.6 Å². The normalized spacial score (nSPS) is 10.7. The summed E-state index contributed by atoms with van der Waals surface area (Å²) in [5.74, 6) is 0. The zero-order chi connectivity index (χ0) is 7.82. The van der Waals surface area contributed by atoms with Crippen LogP contribution >= 0.6 is 24.3 Å². The second-order valence-corrected chi connectivity index (χ2v) is 3.33. The van der Waals surface area contributed by atoms with Gasteiger partial charge in [-0.1, -0.05) is 0 Å². The summed E-state index contributed by atoms with van der Waals surface area (Å²) in [6, 6.07) is 0. The fourth-order valence-corrected chi connectivity index (χ4v) is 1.05. The summed E-state index contributed by atoms with van der Waals surface area (Å²) in [4.78, 5) is 0. The molecule has 0 radical (unpaired) electrons. The third-order valence-corrected chi connectivity index (χ3v) is 1.54. The Morgan fingerprint density at radius 2 is 2.10 bits per heavy atom. The number of hydrogen-bond acceptors (Lipinski definition) is 5. The third-order valence-electron chi connectivity index (χ3n) is 0.589. The first kappa shape index (κ1) is 10.1. The van der Waals surface area contributed by atoms with E-state index in [1.165, 1.54) is 24.3 Å². The van der Waals surface area contributed by atoms with Crippen LogP contribution in [0.25, 0.3) is 0 Å². The lowest BCUT2D eigenvalue weighted by Gasteiger charge is -2.07. The van der Waals surface area contributed by atoms with E-state index in [4.69, 9.17) is 0 Å². The van der Waals surface area contributed by atoms with Crippen LogP contribution in [0.3, 0.4) is 0 Å². The Balaban J connectivity index is 3.26. The van der Waals surface area contributed by atoms with Gasteiger partial charge in [-0.2, -0.15) is 4.40 Å². The van der Waals surface area contributed by atoms with Gasteiger partial charge >= 0.3 is 0 Å². The fraction of sp³-hybridized carbons (Fsp3) is 0.750. The lowest BCUT2D eigenvalue weighted by molar-refractivity contribution is 0.863. The summed E-state index contributed by atoms with van der Waals surface area (Å²) in [6.45, 7) is 0. The molecule has 2 N–H and O–H groups in total. The van der Waals surface area contributed by atoms with Crippen LogP contribution in [0.1, 0.15) is 0 Å². The lowest BCUT2D eigenvalue weighted by atomic mass is 11.2. The average molecular weight is 180 g/mol. The summed E-state index contributed by atoms with van der Waals surface area (Å²) >= 11 is 2.77. The maximum Gasteiger partial charge on any atom is 0.111 e. The molecule has 6 heteroatoms. The Morgan fingerprint density at radius 1 is 1.40 bits per heavy atom. The van der Waals surface area contributed by atoms with Crippen LogP contribution < -0.4 is 9.44 Å². The van der Waals surface area contributed by atoms with Crippen molar-refractivity contribution in [2.75, 3.05) is 21.1 Å². The number of nitrogens with zero attached hydrogens (tertiary/aromatic N) is 2. The molecule has 0 amide bonds. The molecule has 0 aliphatic rings. The summed E-state index contributed by atoms with van der Waals surface area (Å²) in [6.07, 6.45) is 1.72. The van der Waals surface area contributed by atoms with Crippen molar-refractivity contribution in [2.45, 2.75) is 0 Å². The van der Waals surface area contributed by atoms with Crippen LogP contribution in [0, 0.1) is 0 Å². The highest BCUT2D eigenvalue weighted by Gasteiger charge is 1.86. The van der Waals surface area contributed by atoms with Crippen LogP contribution in [-0.4, -0.2) is 31.8 Å². The van der Waals surface area contributed by atoms with Crippen LogP contribution in [0.5, 0.6) is 0 Å². The van der Waals surface area contributed by atoms with E-state index >= 15 is 0 Å². The standard InChI is InChI=1S/C4H12N4S2/c1-5-9-7-4-8(3)10-6-2/h4-6H,1-3H3/b7-4-. The van der Waals surface area contributed by atoms with Crippen LogP contribution in [0.2, 0.25) is 0 Å². The van der Waals surface area contributed by atoms with Crippen molar-refractivity contribution in [3.8, 4) is 0 Å². The van der Waals surface area contributed by atoms with E-state index in [0.717, 1.165) is 0 Å². The molecule has 0 aromatic rings. The van der Waals surface area contributed by atoms with Crippen LogP contribution in [0.4, 0.5) is 0 Å². The topological polar surface area (TPSA) is 39.7 Å². The first-order valence-corrected chi connectivity index (χ1v) is 4.28. The van der Waals surface area contributed by atoms with Gasteiger partial charge < -0.3 is 0 Å². The molecule has 0 aliphatic heterocycles. The van der Waals surface area contributed by atoms with Crippen LogP contribution in [-0.2, 0) is 0 Å². The first-order chi connectivity index (χ1) is 4.81. The molecule has 0 rings (SSSR count). The monoisotopic (exact) mass is 180 g/mol. The van der Waals surface area contributed by atoms with Gasteiger partial charge in [0.05, 0.1) is 12.1 Å². The maximum atomic E-state index is 3.95. The van der Waals surface area contributed by atoms with Gasteiger partial charge in [-0.15, -0.1) is 0 Å². The van der Waals surface area contributed by atoms with Gasteiger partial charge in [-0.25, -0.2) is 9.44 Å². The number of hydrogen-bond donors (Lipinski definition) is 2. The van der Waals surface area contributed by atoms with Crippen molar-refractivity contribution in [3.63, 3.8) is 0 Å². The minimum atomic E-state index is 1.30. The van der Waals surface area contributed by atoms with Crippen molar-refractivity contribution in [1.82, 2.24) is 13.7 Å². The molecular weight excluding hydrogens is 168 g/mol. The van der Waals surface area contributed by atoms with E-state index in [1.54, 1.807) is 6.34 Å². The Labute approximate surface area is 70.4 Å². The molecule has 0 atom stereocenters. The Morgan fingerprint density at radius 3 is 2.60 bits per heavy atom. The Bertz CT molecular complexity index is 97.3. The lowest BCUT2D eigenvalue weighted by Crippen LogP contribution is -2.11. The van der Waals surface area contributed by atoms with Gasteiger partial charge in [0, 0.05) is 19.2 Å². The number of nitrogens with one attached hydrogen (secondary N) is 2. The van der Waals surface area contributed by atoms with Gasteiger partial charge in [-0.3, -0.25) is 4.31 Å². The zero-order valence-electron chi connectivity index (χ0n) is 6.29. The molecule has 0 bridgehead atoms. The fourth-order valence-electron chi connectivity index (χ4n) is 0.310. The van der Waals surface area contributed by atoms with E-state index in [9.17, 15) is 0 Å². The molecule has 0 aromatic heterocycles. The molecule has 0 aromatic carbocycles. The molecule has 10 heavy (non-hydrogen) atoms. The van der Waals surface area contributed by atoms with Crippen LogP contribution in [0.15, 0.2) is 4.40 Å². The summed E-state index contributed by atoms with van der Waals surface area (Å²) < 4.78 is 11.6. The molecule has 0 aliphatic carbocycles. The Hall–Kier alpha value is 0.0900. The molecular formula is C4H12N4S2. The quantitative estimate of drug-likeness (QED) is 0.366. The highest BCUT2D eigenvalue weighted by atomic mass is 32.2. The highest BCUT2D eigenvalue weighted by molar-refractivity contribution is 7.96. The molecule has 0 heterocycles. The molecule has 60 valence electrons. The molecule has 4 nitrogen and oxygen atoms in total. The minimum absolute atomic E-state index is 1.30. The van der Waals surface area contributed by atoms with Gasteiger partial charge in [-0.05, 0) is 14.1 Å². The molecule has 0 saturated carbocycles. The largest absolute Gasteiger partial charge is 0.296 e. The molecule has 0 saturated heterocycles. The second-order valence-electron chi connectivity index (χ2n) is 1.36. The van der Waals surface area contributed by atoms with E-state index in [0.29, 0.717) is 0 Å². The van der Waals surface area contributed by atoms with Crippen molar-refractivity contribution in [1.29, 1.82) is 0 Å². The van der Waals surface area contributed by atoms with E-state index in [-0.39, 0.29) is 0 Å². The predicted molar refractivity (Wildman–Crippen MR) is 49.6 cm³/mol. The molecule has 0 fully saturated rings. The summed E-state index contributed by atoms with van der Waals surface area (Å²) in [5.41, 5.74) is 0. The number of rotatable bonds is 5. The summed E-state index contributed by atoms with van der Waals surface area (Å²) in [5, 5.41) is 0. The van der Waals surface area contributed by atoms with Crippen molar-refractivity contribution < 1.29 is 0 Å². The average Bonchev–Trinajstić information content (AvgIpc) is 1.89. The smallest absolute Gasteiger partial charge is 0.111 e. The maximum absolute atomic E-state index is 3.95. The predicted octanol–water partition coefficient (Wildman–Crippen LogP) is 0.512. The van der Waals surface area contributed by atoms with Gasteiger partial charge in [0.1, 0.15) is 6.34 Å².